The monoisotopic (exact) mass is 466 g/mol. The Kier molecular flexibility index (Phi) is 4.57. The zero-order valence-electron chi connectivity index (χ0n) is 15.4. The van der Waals surface area contributed by atoms with Gasteiger partial charge in [0.1, 0.15) is 4.90 Å². The van der Waals surface area contributed by atoms with E-state index in [9.17, 15) is 21.6 Å². The third-order valence-corrected chi connectivity index (χ3v) is 5.42. The lowest BCUT2D eigenvalue weighted by Gasteiger charge is -2.10. The van der Waals surface area contributed by atoms with Crippen molar-refractivity contribution in [1.82, 2.24) is 15.0 Å². The average Bonchev–Trinajstić information content (AvgIpc) is 3.09. The van der Waals surface area contributed by atoms with Gasteiger partial charge in [-0.25, -0.2) is 31.3 Å². The number of sulfonamides is 1. The number of nitrogens with zero attached hydrogens (tertiary/aromatic N) is 2. The van der Waals surface area contributed by atoms with Crippen LogP contribution in [0.15, 0.2) is 33.9 Å². The lowest BCUT2D eigenvalue weighted by atomic mass is 10.2. The summed E-state index contributed by atoms with van der Waals surface area (Å²) in [4.78, 5) is 9.49. The predicted octanol–water partition coefficient (Wildman–Crippen LogP) is 3.48. The summed E-state index contributed by atoms with van der Waals surface area (Å²) in [6.07, 6.45) is -4.71. The maximum atomic E-state index is 14.1. The average molecular weight is 467 g/mol. The number of nitrogens with one attached hydrogen (secondary N) is 2. The van der Waals surface area contributed by atoms with E-state index in [2.05, 4.69) is 30.9 Å². The first-order chi connectivity index (χ1) is 13.5. The molecule has 2 heterocycles. The predicted molar refractivity (Wildman–Crippen MR) is 95.1 cm³/mol. The van der Waals surface area contributed by atoms with Crippen LogP contribution < -0.4 is 9.46 Å². The largest absolute Gasteiger partial charge is 0.481 e. The minimum absolute atomic E-state index is 0.0428. The number of aromatic amines is 1. The van der Waals surface area contributed by atoms with Gasteiger partial charge in [0, 0.05) is 32.5 Å². The highest BCUT2D eigenvalue weighted by molar-refractivity contribution is 9.10. The van der Waals surface area contributed by atoms with E-state index in [1.165, 1.54) is 12.1 Å². The molecule has 2 aromatic heterocycles. The summed E-state index contributed by atoms with van der Waals surface area (Å²) in [6, 6.07) is 2.72. The number of alkyl halides is 2. The van der Waals surface area contributed by atoms with E-state index in [0.717, 1.165) is 13.3 Å². The molecule has 3 rings (SSSR count). The van der Waals surface area contributed by atoms with Gasteiger partial charge in [-0.3, -0.25) is 0 Å². The normalized spacial score (nSPS) is 13.6. The van der Waals surface area contributed by atoms with Crippen molar-refractivity contribution in [2.24, 2.45) is 0 Å². The number of hydrogen-bond acceptors (Lipinski definition) is 5. The number of H-pyrrole nitrogens is 1. The fraction of sp³-hybridized carbons (Fsp3) is 0.200. The number of methoxy groups -OCH3 is 1. The van der Waals surface area contributed by atoms with Gasteiger partial charge < -0.3 is 9.72 Å². The highest BCUT2D eigenvalue weighted by Gasteiger charge is 2.23. The summed E-state index contributed by atoms with van der Waals surface area (Å²) >= 11 is 3.00. The van der Waals surface area contributed by atoms with E-state index in [1.54, 1.807) is 0 Å². The lowest BCUT2D eigenvalue weighted by molar-refractivity contribution is 0.147. The van der Waals surface area contributed by atoms with Gasteiger partial charge >= 0.3 is 0 Å². The van der Waals surface area contributed by atoms with Crippen molar-refractivity contribution >= 4 is 42.8 Å². The first-order valence-electron chi connectivity index (χ1n) is 8.16. The number of aromatic nitrogens is 3. The third-order valence-electron chi connectivity index (χ3n) is 3.43. The third kappa shape index (κ3) is 3.86. The zero-order chi connectivity index (χ0) is 21.6. The fourth-order valence-corrected chi connectivity index (χ4v) is 3.75. The Balaban J connectivity index is 2.01. The summed E-state index contributed by atoms with van der Waals surface area (Å²) in [5.41, 5.74) is -0.685. The van der Waals surface area contributed by atoms with E-state index in [1.807, 2.05) is 4.72 Å². The Morgan fingerprint density at radius 2 is 2.19 bits per heavy atom. The minimum atomic E-state index is -4.30. The van der Waals surface area contributed by atoms with Crippen LogP contribution in [-0.2, 0) is 16.4 Å². The van der Waals surface area contributed by atoms with Crippen molar-refractivity contribution in [2.45, 2.75) is 17.7 Å². The molecule has 0 aliphatic carbocycles. The molecule has 0 atom stereocenters. The standard InChI is InChI=1S/C15H12BrF3N4O3S/c1-26-14-7(4-11(17)18)5-21-15(22-14)23-27(24,25)10-6-20-13-8(10)2-3-9(16)12(13)19/h2-3,5-6,11,20H,4H2,1H3,(H,21,22,23)/i4D2. The quantitative estimate of drug-likeness (QED) is 0.579. The van der Waals surface area contributed by atoms with Gasteiger partial charge in [0.15, 0.2) is 5.82 Å². The van der Waals surface area contributed by atoms with Crippen molar-refractivity contribution in [2.75, 3.05) is 11.8 Å². The van der Waals surface area contributed by atoms with E-state index in [-0.39, 0.29) is 20.3 Å². The lowest BCUT2D eigenvalue weighted by Crippen LogP contribution is -2.15. The Morgan fingerprint density at radius 3 is 2.85 bits per heavy atom. The van der Waals surface area contributed by atoms with Gasteiger partial charge in [-0.2, -0.15) is 4.98 Å². The second kappa shape index (κ2) is 7.35. The van der Waals surface area contributed by atoms with Crippen LogP contribution in [0, 0.1) is 5.82 Å². The molecule has 0 saturated heterocycles. The van der Waals surface area contributed by atoms with Crippen LogP contribution in [0.1, 0.15) is 8.30 Å². The Hall–Kier alpha value is -2.34. The molecule has 1 aromatic carbocycles. The fourth-order valence-electron chi connectivity index (χ4n) is 2.30. The van der Waals surface area contributed by atoms with Gasteiger partial charge in [0.05, 0.1) is 17.1 Å². The van der Waals surface area contributed by atoms with Crippen LogP contribution in [0.5, 0.6) is 5.88 Å². The molecule has 0 bridgehead atoms. The number of anilines is 1. The first kappa shape index (κ1) is 16.8. The summed E-state index contributed by atoms with van der Waals surface area (Å²) in [5, 5.41) is 0.0656. The number of fused-ring (bicyclic) bond motifs is 1. The van der Waals surface area contributed by atoms with Crippen LogP contribution >= 0.6 is 15.9 Å². The molecule has 0 saturated carbocycles. The smallest absolute Gasteiger partial charge is 0.266 e. The number of ether oxygens (including phenoxy) is 1. The topological polar surface area (TPSA) is 97.0 Å². The summed E-state index contributed by atoms with van der Waals surface area (Å²) in [6.45, 7) is 0. The first-order valence-corrected chi connectivity index (χ1v) is 9.44. The molecule has 0 amide bonds. The van der Waals surface area contributed by atoms with E-state index >= 15 is 0 Å². The van der Waals surface area contributed by atoms with Crippen LogP contribution in [0.2, 0.25) is 0 Å². The second-order valence-electron chi connectivity index (χ2n) is 5.10. The van der Waals surface area contributed by atoms with Gasteiger partial charge in [-0.05, 0) is 22.0 Å². The van der Waals surface area contributed by atoms with Crippen LogP contribution in [0.4, 0.5) is 19.1 Å². The Morgan fingerprint density at radius 1 is 1.44 bits per heavy atom. The Labute approximate surface area is 163 Å². The molecule has 0 spiro atoms. The van der Waals surface area contributed by atoms with Crippen LogP contribution in [-0.4, -0.2) is 36.9 Å². The molecule has 7 nitrogen and oxygen atoms in total. The molecule has 0 unspecified atom stereocenters. The molecular weight excluding hydrogens is 453 g/mol. The molecule has 3 aromatic rings. The SMILES string of the molecule is [2H]C([2H])(c1cnc(NS(=O)(=O)c2c[nH]c3c(F)c(Br)ccc23)nc1OC)C(F)F. The van der Waals surface area contributed by atoms with Crippen molar-refractivity contribution in [1.29, 1.82) is 0 Å². The molecule has 0 radical (unpaired) electrons. The van der Waals surface area contributed by atoms with Gasteiger partial charge in [0.25, 0.3) is 10.0 Å². The van der Waals surface area contributed by atoms with E-state index in [4.69, 9.17) is 7.48 Å². The summed E-state index contributed by atoms with van der Waals surface area (Å²) in [5.74, 6) is -1.78. The van der Waals surface area contributed by atoms with Crippen molar-refractivity contribution < 1.29 is 29.1 Å². The minimum Gasteiger partial charge on any atom is -0.481 e. The summed E-state index contributed by atoms with van der Waals surface area (Å²) < 4.78 is 87.2. The van der Waals surface area contributed by atoms with Gasteiger partial charge in [-0.15, -0.1) is 0 Å². The van der Waals surface area contributed by atoms with Crippen molar-refractivity contribution in [3.05, 3.63) is 40.4 Å². The van der Waals surface area contributed by atoms with Crippen molar-refractivity contribution in [3.63, 3.8) is 0 Å². The zero-order valence-corrected chi connectivity index (χ0v) is 15.8. The number of hydrogen-bond donors (Lipinski definition) is 2. The van der Waals surface area contributed by atoms with Gasteiger partial charge in [-0.1, -0.05) is 6.07 Å². The van der Waals surface area contributed by atoms with Crippen molar-refractivity contribution in [3.8, 4) is 5.88 Å². The maximum absolute atomic E-state index is 14.1. The molecular formula is C15H12BrF3N4O3S. The molecule has 0 fully saturated rings. The second-order valence-corrected chi connectivity index (χ2v) is 7.61. The van der Waals surface area contributed by atoms with E-state index < -0.39 is 46.0 Å². The highest BCUT2D eigenvalue weighted by Crippen LogP contribution is 2.30. The highest BCUT2D eigenvalue weighted by atomic mass is 79.9. The molecule has 144 valence electrons. The molecule has 12 heteroatoms. The maximum Gasteiger partial charge on any atom is 0.266 e. The molecule has 0 aliphatic heterocycles. The van der Waals surface area contributed by atoms with E-state index in [0.29, 0.717) is 6.20 Å². The van der Waals surface area contributed by atoms with Crippen LogP contribution in [0.25, 0.3) is 10.9 Å². The number of rotatable bonds is 6. The number of halogens is 4. The number of benzene rings is 1. The molecule has 2 N–H and O–H groups in total. The summed E-state index contributed by atoms with van der Waals surface area (Å²) in [7, 11) is -3.24. The van der Waals surface area contributed by atoms with Crippen LogP contribution in [0.3, 0.4) is 0 Å². The molecule has 0 aliphatic rings. The Bertz CT molecular complexity index is 1190. The molecule has 27 heavy (non-hydrogen) atoms. The van der Waals surface area contributed by atoms with Gasteiger partial charge in [0.2, 0.25) is 18.3 Å².